The summed E-state index contributed by atoms with van der Waals surface area (Å²) in [4.78, 5) is 4.03. The number of alkyl halides is 3. The van der Waals surface area contributed by atoms with E-state index in [9.17, 15) is 13.2 Å². The second kappa shape index (κ2) is 3.97. The maximum absolute atomic E-state index is 12.9. The van der Waals surface area contributed by atoms with Gasteiger partial charge in [0.2, 0.25) is 0 Å². The van der Waals surface area contributed by atoms with E-state index in [1.807, 2.05) is 0 Å². The quantitative estimate of drug-likeness (QED) is 0.863. The first-order valence-corrected chi connectivity index (χ1v) is 5.87. The number of nitrogens with zero attached hydrogens (tertiary/aromatic N) is 3. The predicted octanol–water partition coefficient (Wildman–Crippen LogP) is 2.36. The van der Waals surface area contributed by atoms with E-state index in [0.29, 0.717) is 30.6 Å². The molecular weight excluding hydrogens is 257 g/mol. The lowest BCUT2D eigenvalue weighted by Gasteiger charge is -2.07. The summed E-state index contributed by atoms with van der Waals surface area (Å²) in [5, 5.41) is 3.68. The van der Waals surface area contributed by atoms with Gasteiger partial charge in [-0.2, -0.15) is 18.3 Å². The second-order valence-electron chi connectivity index (χ2n) is 4.45. The van der Waals surface area contributed by atoms with Crippen molar-refractivity contribution in [2.45, 2.75) is 25.4 Å². The number of hydrogen-bond donors (Lipinski definition) is 1. The van der Waals surface area contributed by atoms with Gasteiger partial charge in [-0.05, 0) is 31.4 Å². The summed E-state index contributed by atoms with van der Waals surface area (Å²) in [5.74, 6) is 0.260. The minimum atomic E-state index is -4.44. The van der Waals surface area contributed by atoms with Crippen LogP contribution >= 0.6 is 0 Å². The molecule has 2 heterocycles. The summed E-state index contributed by atoms with van der Waals surface area (Å²) in [5.41, 5.74) is 6.10. The molecule has 0 aliphatic heterocycles. The van der Waals surface area contributed by atoms with Crippen molar-refractivity contribution in [2.75, 3.05) is 5.73 Å². The van der Waals surface area contributed by atoms with Crippen molar-refractivity contribution in [2.24, 2.45) is 0 Å². The molecule has 2 aromatic rings. The number of halogens is 3. The monoisotopic (exact) mass is 268 g/mol. The van der Waals surface area contributed by atoms with Gasteiger partial charge in [0.1, 0.15) is 0 Å². The molecule has 2 N–H and O–H groups in total. The van der Waals surface area contributed by atoms with Crippen LogP contribution in [-0.2, 0) is 19.0 Å². The molecule has 0 radical (unpaired) electrons. The number of fused-ring (bicyclic) bond motifs is 1. The molecule has 0 spiro atoms. The van der Waals surface area contributed by atoms with E-state index in [1.165, 1.54) is 10.9 Å². The van der Waals surface area contributed by atoms with E-state index in [2.05, 4.69) is 10.1 Å². The molecule has 4 nitrogen and oxygen atoms in total. The van der Waals surface area contributed by atoms with Crippen LogP contribution in [0, 0.1) is 0 Å². The SMILES string of the molecule is Nc1cccnc1-n1nc(C(F)(F)F)c2c1CCC2. The van der Waals surface area contributed by atoms with Gasteiger partial charge in [0, 0.05) is 17.5 Å². The molecule has 2 aromatic heterocycles. The van der Waals surface area contributed by atoms with Crippen molar-refractivity contribution in [1.29, 1.82) is 0 Å². The number of anilines is 1. The molecule has 0 bridgehead atoms. The maximum Gasteiger partial charge on any atom is 0.435 e. The number of hydrogen-bond acceptors (Lipinski definition) is 3. The molecule has 0 unspecified atom stereocenters. The Morgan fingerprint density at radius 1 is 1.26 bits per heavy atom. The zero-order chi connectivity index (χ0) is 13.6. The van der Waals surface area contributed by atoms with Crippen LogP contribution in [0.2, 0.25) is 0 Å². The van der Waals surface area contributed by atoms with Crippen molar-refractivity contribution in [1.82, 2.24) is 14.8 Å². The number of nitrogens with two attached hydrogens (primary N) is 1. The smallest absolute Gasteiger partial charge is 0.396 e. The molecule has 0 amide bonds. The van der Waals surface area contributed by atoms with Crippen LogP contribution in [0.1, 0.15) is 23.4 Å². The topological polar surface area (TPSA) is 56.7 Å². The van der Waals surface area contributed by atoms with Crippen molar-refractivity contribution >= 4 is 5.69 Å². The Hall–Kier alpha value is -2.05. The van der Waals surface area contributed by atoms with Gasteiger partial charge in [-0.25, -0.2) is 9.67 Å². The van der Waals surface area contributed by atoms with Crippen LogP contribution in [0.15, 0.2) is 18.3 Å². The minimum Gasteiger partial charge on any atom is -0.396 e. The zero-order valence-electron chi connectivity index (χ0n) is 9.91. The Balaban J connectivity index is 2.22. The van der Waals surface area contributed by atoms with Crippen molar-refractivity contribution < 1.29 is 13.2 Å². The molecule has 7 heteroatoms. The lowest BCUT2D eigenvalue weighted by atomic mass is 10.2. The van der Waals surface area contributed by atoms with Gasteiger partial charge in [-0.15, -0.1) is 0 Å². The van der Waals surface area contributed by atoms with E-state index >= 15 is 0 Å². The van der Waals surface area contributed by atoms with Gasteiger partial charge in [0.05, 0.1) is 5.69 Å². The van der Waals surface area contributed by atoms with Crippen LogP contribution in [0.5, 0.6) is 0 Å². The third-order valence-electron chi connectivity index (χ3n) is 3.22. The van der Waals surface area contributed by atoms with E-state index in [0.717, 1.165) is 0 Å². The van der Waals surface area contributed by atoms with Gasteiger partial charge < -0.3 is 5.73 Å². The largest absolute Gasteiger partial charge is 0.435 e. The molecule has 0 saturated carbocycles. The van der Waals surface area contributed by atoms with Crippen molar-refractivity contribution in [3.05, 3.63) is 35.3 Å². The van der Waals surface area contributed by atoms with Crippen molar-refractivity contribution in [3.8, 4) is 5.82 Å². The first-order valence-electron chi connectivity index (χ1n) is 5.87. The summed E-state index contributed by atoms with van der Waals surface area (Å²) in [6, 6.07) is 3.23. The standard InChI is InChI=1S/C12H11F3N4/c13-12(14,15)10-7-3-1-5-9(7)19(18-10)11-8(16)4-2-6-17-11/h2,4,6H,1,3,5,16H2. The molecule has 1 aliphatic rings. The van der Waals surface area contributed by atoms with Gasteiger partial charge >= 0.3 is 6.18 Å². The van der Waals surface area contributed by atoms with E-state index in [4.69, 9.17) is 5.73 Å². The minimum absolute atomic E-state index is 0.260. The third-order valence-corrected chi connectivity index (χ3v) is 3.22. The zero-order valence-corrected chi connectivity index (χ0v) is 9.91. The van der Waals surface area contributed by atoms with E-state index in [1.54, 1.807) is 12.1 Å². The highest BCUT2D eigenvalue weighted by Gasteiger charge is 2.40. The summed E-state index contributed by atoms with van der Waals surface area (Å²) in [6.45, 7) is 0. The van der Waals surface area contributed by atoms with Crippen LogP contribution < -0.4 is 5.73 Å². The molecule has 100 valence electrons. The molecule has 0 aromatic carbocycles. The lowest BCUT2D eigenvalue weighted by molar-refractivity contribution is -0.141. The van der Waals surface area contributed by atoms with Crippen LogP contribution in [0.25, 0.3) is 5.82 Å². The maximum atomic E-state index is 12.9. The van der Waals surface area contributed by atoms with E-state index in [-0.39, 0.29) is 11.4 Å². The molecule has 19 heavy (non-hydrogen) atoms. The molecule has 0 fully saturated rings. The van der Waals surface area contributed by atoms with Gasteiger partial charge in [0.15, 0.2) is 11.5 Å². The molecular formula is C12H11F3N4. The number of aromatic nitrogens is 3. The summed E-state index contributed by atoms with van der Waals surface area (Å²) >= 11 is 0. The number of nitrogen functional groups attached to an aromatic ring is 1. The fourth-order valence-corrected chi connectivity index (χ4v) is 2.43. The summed E-state index contributed by atoms with van der Waals surface area (Å²) in [7, 11) is 0. The Kier molecular flexibility index (Phi) is 2.51. The predicted molar refractivity (Wildman–Crippen MR) is 62.8 cm³/mol. The highest BCUT2D eigenvalue weighted by atomic mass is 19.4. The van der Waals surface area contributed by atoms with Crippen LogP contribution in [0.3, 0.4) is 0 Å². The Morgan fingerprint density at radius 2 is 2.05 bits per heavy atom. The highest BCUT2D eigenvalue weighted by molar-refractivity contribution is 5.54. The second-order valence-corrected chi connectivity index (χ2v) is 4.45. The van der Waals surface area contributed by atoms with E-state index < -0.39 is 11.9 Å². The third kappa shape index (κ3) is 1.85. The van der Waals surface area contributed by atoms with Gasteiger partial charge in [-0.1, -0.05) is 0 Å². The molecule has 0 saturated heterocycles. The average molecular weight is 268 g/mol. The fourth-order valence-electron chi connectivity index (χ4n) is 2.43. The normalized spacial score (nSPS) is 14.7. The van der Waals surface area contributed by atoms with Crippen LogP contribution in [-0.4, -0.2) is 14.8 Å². The number of rotatable bonds is 1. The van der Waals surface area contributed by atoms with Crippen LogP contribution in [0.4, 0.5) is 18.9 Å². The number of pyridine rings is 1. The summed E-state index contributed by atoms with van der Waals surface area (Å²) in [6.07, 6.45) is -1.29. The molecule has 3 rings (SSSR count). The Bertz CT molecular complexity index is 630. The summed E-state index contributed by atoms with van der Waals surface area (Å²) < 4.78 is 40.1. The average Bonchev–Trinajstić information content (AvgIpc) is 2.89. The molecule has 1 aliphatic carbocycles. The van der Waals surface area contributed by atoms with Gasteiger partial charge in [0.25, 0.3) is 0 Å². The first-order chi connectivity index (χ1) is 8.98. The lowest BCUT2D eigenvalue weighted by Crippen LogP contribution is -2.11. The van der Waals surface area contributed by atoms with Gasteiger partial charge in [-0.3, -0.25) is 0 Å². The Morgan fingerprint density at radius 3 is 2.74 bits per heavy atom. The molecule has 0 atom stereocenters. The first kappa shape index (κ1) is 12.0. The fraction of sp³-hybridized carbons (Fsp3) is 0.333. The Labute approximate surface area is 107 Å². The highest BCUT2D eigenvalue weighted by Crippen LogP contribution is 2.37. The van der Waals surface area contributed by atoms with Crippen molar-refractivity contribution in [3.63, 3.8) is 0 Å².